The number of hydrogen-bond acceptors (Lipinski definition) is 3. The first-order valence-electron chi connectivity index (χ1n) is 7.99. The number of imide groups is 1. The summed E-state index contributed by atoms with van der Waals surface area (Å²) in [6.07, 6.45) is 0. The summed E-state index contributed by atoms with van der Waals surface area (Å²) < 4.78 is 26.3. The molecule has 0 fully saturated rings. The molecule has 3 amide bonds. The van der Waals surface area contributed by atoms with E-state index >= 15 is 0 Å². The predicted octanol–water partition coefficient (Wildman–Crippen LogP) is 2.75. The molecule has 0 radical (unpaired) electrons. The molecule has 26 heavy (non-hydrogen) atoms. The first-order chi connectivity index (χ1) is 12.3. The van der Waals surface area contributed by atoms with Crippen molar-refractivity contribution in [3.05, 3.63) is 70.3 Å². The van der Waals surface area contributed by atoms with Crippen molar-refractivity contribution in [1.29, 1.82) is 0 Å². The van der Waals surface area contributed by atoms with E-state index in [1.807, 2.05) is 0 Å². The first kappa shape index (κ1) is 17.7. The Morgan fingerprint density at radius 1 is 1.04 bits per heavy atom. The molecule has 5 nitrogen and oxygen atoms in total. The number of halogens is 2. The molecule has 0 bridgehead atoms. The highest BCUT2D eigenvalue weighted by Crippen LogP contribution is 2.24. The lowest BCUT2D eigenvalue weighted by Crippen LogP contribution is -2.41. The normalized spacial score (nSPS) is 14.4. The number of nitrogens with one attached hydrogen (secondary N) is 1. The van der Waals surface area contributed by atoms with E-state index in [1.165, 1.54) is 6.07 Å². The highest BCUT2D eigenvalue weighted by molar-refractivity contribution is 6.22. The van der Waals surface area contributed by atoms with Crippen molar-refractivity contribution < 1.29 is 23.2 Å². The average Bonchev–Trinajstić information content (AvgIpc) is 2.81. The predicted molar refractivity (Wildman–Crippen MR) is 89.5 cm³/mol. The molecular formula is C19H16F2N2O3. The maximum absolute atomic E-state index is 13.3. The summed E-state index contributed by atoms with van der Waals surface area (Å²) in [5.74, 6) is -3.62. The van der Waals surface area contributed by atoms with Gasteiger partial charge in [-0.05, 0) is 43.7 Å². The molecule has 7 heteroatoms. The van der Waals surface area contributed by atoms with Crippen molar-refractivity contribution in [1.82, 2.24) is 10.2 Å². The smallest absolute Gasteiger partial charge is 0.262 e. The Balaban J connectivity index is 1.69. The molecule has 1 heterocycles. The van der Waals surface area contributed by atoms with Crippen molar-refractivity contribution in [3.63, 3.8) is 0 Å². The number of amides is 3. The van der Waals surface area contributed by atoms with Crippen molar-refractivity contribution >= 4 is 17.7 Å². The average molecular weight is 358 g/mol. The number of rotatable bonds is 4. The lowest BCUT2D eigenvalue weighted by Gasteiger charge is -2.18. The molecule has 2 aromatic rings. The van der Waals surface area contributed by atoms with E-state index in [-0.39, 0.29) is 11.1 Å². The summed E-state index contributed by atoms with van der Waals surface area (Å²) in [4.78, 5) is 37.8. The van der Waals surface area contributed by atoms with Gasteiger partial charge in [-0.1, -0.05) is 17.7 Å². The minimum Gasteiger partial charge on any atom is -0.348 e. The Labute approximate surface area is 148 Å². The number of carbonyl (C=O) groups excluding carboxylic acids is 3. The molecule has 134 valence electrons. The van der Waals surface area contributed by atoms with Gasteiger partial charge in [-0.15, -0.1) is 0 Å². The molecule has 1 aliphatic heterocycles. The molecule has 1 unspecified atom stereocenters. The third kappa shape index (κ3) is 3.20. The van der Waals surface area contributed by atoms with Crippen LogP contribution in [0.3, 0.4) is 0 Å². The van der Waals surface area contributed by atoms with Crippen LogP contribution in [0.25, 0.3) is 0 Å². The molecule has 2 aromatic carbocycles. The zero-order valence-corrected chi connectivity index (χ0v) is 14.2. The van der Waals surface area contributed by atoms with E-state index in [4.69, 9.17) is 0 Å². The molecule has 1 N–H and O–H groups in total. The van der Waals surface area contributed by atoms with Gasteiger partial charge in [0.15, 0.2) is 11.6 Å². The number of hydrogen-bond donors (Lipinski definition) is 1. The second kappa shape index (κ2) is 6.67. The van der Waals surface area contributed by atoms with E-state index < -0.39 is 41.9 Å². The van der Waals surface area contributed by atoms with Crippen LogP contribution < -0.4 is 5.32 Å². The van der Waals surface area contributed by atoms with Crippen molar-refractivity contribution in [2.24, 2.45) is 0 Å². The number of aryl methyl sites for hydroxylation is 1. The second-order valence-electron chi connectivity index (χ2n) is 6.21. The third-order valence-corrected chi connectivity index (χ3v) is 4.25. The molecule has 0 spiro atoms. The standard InChI is InChI=1S/C19H16F2N2O3/c1-10-3-5-13-14(7-10)19(26)23(18(13)25)9-17(24)22-11(2)12-4-6-15(20)16(21)8-12/h3-8,11H,9H2,1-2H3,(H,22,24). The number of benzene rings is 2. The molecular weight excluding hydrogens is 342 g/mol. The van der Waals surface area contributed by atoms with Gasteiger partial charge < -0.3 is 5.32 Å². The van der Waals surface area contributed by atoms with Gasteiger partial charge in [0, 0.05) is 0 Å². The molecule has 3 rings (SSSR count). The summed E-state index contributed by atoms with van der Waals surface area (Å²) in [7, 11) is 0. The number of fused-ring (bicyclic) bond motifs is 1. The molecule has 1 atom stereocenters. The lowest BCUT2D eigenvalue weighted by molar-refractivity contribution is -0.122. The fourth-order valence-electron chi connectivity index (χ4n) is 2.84. The lowest BCUT2D eigenvalue weighted by atomic mass is 10.1. The van der Waals surface area contributed by atoms with Gasteiger partial charge in [-0.3, -0.25) is 19.3 Å². The summed E-state index contributed by atoms with van der Waals surface area (Å²) in [6, 6.07) is 7.59. The van der Waals surface area contributed by atoms with Crippen LogP contribution in [0.15, 0.2) is 36.4 Å². The molecule has 0 saturated heterocycles. The van der Waals surface area contributed by atoms with E-state index in [0.717, 1.165) is 22.6 Å². The van der Waals surface area contributed by atoms with Crippen molar-refractivity contribution in [3.8, 4) is 0 Å². The van der Waals surface area contributed by atoms with E-state index in [2.05, 4.69) is 5.32 Å². The maximum atomic E-state index is 13.3. The van der Waals surface area contributed by atoms with Crippen LogP contribution in [0.4, 0.5) is 8.78 Å². The minimum atomic E-state index is -1.01. The molecule has 0 saturated carbocycles. The van der Waals surface area contributed by atoms with Gasteiger partial charge in [0.1, 0.15) is 6.54 Å². The number of carbonyl (C=O) groups is 3. The maximum Gasteiger partial charge on any atom is 0.262 e. The van der Waals surface area contributed by atoms with Gasteiger partial charge in [0.2, 0.25) is 5.91 Å². The summed E-state index contributed by atoms with van der Waals surface area (Å²) in [6.45, 7) is 2.95. The van der Waals surface area contributed by atoms with Gasteiger partial charge in [0.25, 0.3) is 11.8 Å². The molecule has 1 aliphatic rings. The Kier molecular flexibility index (Phi) is 4.54. The largest absolute Gasteiger partial charge is 0.348 e. The van der Waals surface area contributed by atoms with E-state index in [0.29, 0.717) is 5.56 Å². The van der Waals surface area contributed by atoms with Crippen LogP contribution in [-0.4, -0.2) is 29.2 Å². The fraction of sp³-hybridized carbons (Fsp3) is 0.211. The Morgan fingerprint density at radius 3 is 2.42 bits per heavy atom. The van der Waals surface area contributed by atoms with E-state index in [9.17, 15) is 23.2 Å². The van der Waals surface area contributed by atoms with Crippen molar-refractivity contribution in [2.75, 3.05) is 6.54 Å². The molecule has 0 aromatic heterocycles. The Morgan fingerprint density at radius 2 is 1.73 bits per heavy atom. The highest BCUT2D eigenvalue weighted by Gasteiger charge is 2.36. The number of nitrogens with zero attached hydrogens (tertiary/aromatic N) is 1. The molecule has 0 aliphatic carbocycles. The zero-order chi connectivity index (χ0) is 19.0. The summed E-state index contributed by atoms with van der Waals surface area (Å²) in [5, 5.41) is 2.57. The fourth-order valence-corrected chi connectivity index (χ4v) is 2.84. The van der Waals surface area contributed by atoms with Crippen LogP contribution in [0.5, 0.6) is 0 Å². The monoisotopic (exact) mass is 358 g/mol. The highest BCUT2D eigenvalue weighted by atomic mass is 19.2. The second-order valence-corrected chi connectivity index (χ2v) is 6.21. The summed E-state index contributed by atoms with van der Waals surface area (Å²) in [5.41, 5.74) is 1.75. The van der Waals surface area contributed by atoms with Crippen LogP contribution >= 0.6 is 0 Å². The van der Waals surface area contributed by atoms with Crippen LogP contribution in [0.2, 0.25) is 0 Å². The Bertz CT molecular complexity index is 927. The van der Waals surface area contributed by atoms with Gasteiger partial charge in [0.05, 0.1) is 17.2 Å². The van der Waals surface area contributed by atoms with Gasteiger partial charge in [-0.2, -0.15) is 0 Å². The van der Waals surface area contributed by atoms with Gasteiger partial charge in [-0.25, -0.2) is 8.78 Å². The topological polar surface area (TPSA) is 66.5 Å². The zero-order valence-electron chi connectivity index (χ0n) is 14.2. The third-order valence-electron chi connectivity index (χ3n) is 4.25. The van der Waals surface area contributed by atoms with Crippen molar-refractivity contribution in [2.45, 2.75) is 19.9 Å². The summed E-state index contributed by atoms with van der Waals surface area (Å²) >= 11 is 0. The van der Waals surface area contributed by atoms with Crippen LogP contribution in [0, 0.1) is 18.6 Å². The van der Waals surface area contributed by atoms with Crippen LogP contribution in [0.1, 0.15) is 44.8 Å². The quantitative estimate of drug-likeness (QED) is 0.855. The van der Waals surface area contributed by atoms with Gasteiger partial charge >= 0.3 is 0 Å². The van der Waals surface area contributed by atoms with E-state index in [1.54, 1.807) is 32.0 Å². The minimum absolute atomic E-state index is 0.266. The first-order valence-corrected chi connectivity index (χ1v) is 7.99. The Hall–Kier alpha value is -3.09. The SMILES string of the molecule is Cc1ccc2c(c1)C(=O)N(CC(=O)NC(C)c1ccc(F)c(F)c1)C2=O. The van der Waals surface area contributed by atoms with Crippen LogP contribution in [-0.2, 0) is 4.79 Å².